The zero-order valence-electron chi connectivity index (χ0n) is 9.93. The first-order chi connectivity index (χ1) is 8.38. The quantitative estimate of drug-likeness (QED) is 0.792. The second kappa shape index (κ2) is 6.59. The molecule has 1 heterocycles. The molecule has 1 aliphatic rings. The van der Waals surface area contributed by atoms with Gasteiger partial charge in [0.05, 0.1) is 13.2 Å². The van der Waals surface area contributed by atoms with Crippen molar-refractivity contribution in [2.75, 3.05) is 19.8 Å². The van der Waals surface area contributed by atoms with Crippen LogP contribution in [0, 0.1) is 0 Å². The largest absolute Gasteiger partial charge is 0.488 e. The van der Waals surface area contributed by atoms with Crippen molar-refractivity contribution in [2.45, 2.75) is 25.4 Å². The molecule has 0 saturated carbocycles. The Morgan fingerprint density at radius 1 is 1.41 bits per heavy atom. The van der Waals surface area contributed by atoms with Crippen LogP contribution in [0.2, 0.25) is 0 Å². The summed E-state index contributed by atoms with van der Waals surface area (Å²) in [6.07, 6.45) is 3.13. The van der Waals surface area contributed by atoms with Crippen LogP contribution in [0.3, 0.4) is 0 Å². The van der Waals surface area contributed by atoms with Gasteiger partial charge in [0.2, 0.25) is 0 Å². The standard InChI is InChI=1S/C13H19NO3/c14-16-8-6-11-3-1-4-12(9-11)17-13-5-2-7-15-10-13/h1,3-4,9,13H,2,5-8,10,14H2. The van der Waals surface area contributed by atoms with Crippen molar-refractivity contribution in [3.8, 4) is 5.75 Å². The third kappa shape index (κ3) is 4.00. The molecule has 1 aliphatic heterocycles. The second-order valence-electron chi connectivity index (χ2n) is 4.23. The van der Waals surface area contributed by atoms with Gasteiger partial charge in [-0.1, -0.05) is 12.1 Å². The fraction of sp³-hybridized carbons (Fsp3) is 0.538. The summed E-state index contributed by atoms with van der Waals surface area (Å²) in [5.74, 6) is 5.91. The molecule has 4 heteroatoms. The van der Waals surface area contributed by atoms with E-state index in [2.05, 4.69) is 4.84 Å². The zero-order valence-corrected chi connectivity index (χ0v) is 9.93. The molecule has 4 nitrogen and oxygen atoms in total. The van der Waals surface area contributed by atoms with Gasteiger partial charge in [0.15, 0.2) is 0 Å². The monoisotopic (exact) mass is 237 g/mol. The van der Waals surface area contributed by atoms with Gasteiger partial charge in [-0.15, -0.1) is 0 Å². The molecule has 1 fully saturated rings. The van der Waals surface area contributed by atoms with Gasteiger partial charge in [0.25, 0.3) is 0 Å². The van der Waals surface area contributed by atoms with E-state index in [1.54, 1.807) is 0 Å². The molecule has 17 heavy (non-hydrogen) atoms. The molecule has 2 rings (SSSR count). The lowest BCUT2D eigenvalue weighted by molar-refractivity contribution is 0.00739. The van der Waals surface area contributed by atoms with Crippen LogP contribution in [0.25, 0.3) is 0 Å². The van der Waals surface area contributed by atoms with Gasteiger partial charge in [0, 0.05) is 6.61 Å². The summed E-state index contributed by atoms with van der Waals surface area (Å²) < 4.78 is 11.3. The van der Waals surface area contributed by atoms with Crippen LogP contribution >= 0.6 is 0 Å². The highest BCUT2D eigenvalue weighted by Gasteiger charge is 2.15. The third-order valence-corrected chi connectivity index (χ3v) is 2.83. The van der Waals surface area contributed by atoms with Gasteiger partial charge in [-0.3, -0.25) is 0 Å². The summed E-state index contributed by atoms with van der Waals surface area (Å²) in [5.41, 5.74) is 1.17. The third-order valence-electron chi connectivity index (χ3n) is 2.83. The number of rotatable bonds is 5. The van der Waals surface area contributed by atoms with E-state index >= 15 is 0 Å². The fourth-order valence-corrected chi connectivity index (χ4v) is 1.95. The van der Waals surface area contributed by atoms with E-state index in [1.807, 2.05) is 24.3 Å². The Morgan fingerprint density at radius 2 is 2.35 bits per heavy atom. The summed E-state index contributed by atoms with van der Waals surface area (Å²) in [6, 6.07) is 8.04. The molecule has 0 radical (unpaired) electrons. The lowest BCUT2D eigenvalue weighted by Crippen LogP contribution is -2.28. The van der Waals surface area contributed by atoms with Gasteiger partial charge in [-0.2, -0.15) is 0 Å². The van der Waals surface area contributed by atoms with Gasteiger partial charge < -0.3 is 14.3 Å². The highest BCUT2D eigenvalue weighted by atomic mass is 16.6. The first-order valence-electron chi connectivity index (χ1n) is 6.03. The summed E-state index contributed by atoms with van der Waals surface area (Å²) in [7, 11) is 0. The van der Waals surface area contributed by atoms with Crippen LogP contribution in [-0.2, 0) is 16.0 Å². The SMILES string of the molecule is NOCCc1cccc(OC2CCCOC2)c1. The Kier molecular flexibility index (Phi) is 4.79. The van der Waals surface area contributed by atoms with E-state index in [0.717, 1.165) is 31.6 Å². The van der Waals surface area contributed by atoms with Crippen LogP contribution < -0.4 is 10.6 Å². The topological polar surface area (TPSA) is 53.7 Å². The molecular formula is C13H19NO3. The highest BCUT2D eigenvalue weighted by molar-refractivity contribution is 5.28. The maximum absolute atomic E-state index is 5.88. The van der Waals surface area contributed by atoms with Crippen molar-refractivity contribution in [1.29, 1.82) is 0 Å². The normalized spacial score (nSPS) is 20.2. The molecule has 1 saturated heterocycles. The van der Waals surface area contributed by atoms with Crippen molar-refractivity contribution < 1.29 is 14.3 Å². The first kappa shape index (κ1) is 12.4. The molecule has 0 aliphatic carbocycles. The molecule has 1 atom stereocenters. The van der Waals surface area contributed by atoms with Gasteiger partial charge in [-0.25, -0.2) is 5.90 Å². The van der Waals surface area contributed by atoms with Crippen LogP contribution in [0.4, 0.5) is 0 Å². The molecule has 1 aromatic rings. The average Bonchev–Trinajstić information content (AvgIpc) is 2.38. The van der Waals surface area contributed by atoms with Crippen LogP contribution in [0.5, 0.6) is 5.75 Å². The Labute approximate surface area is 102 Å². The summed E-state index contributed by atoms with van der Waals surface area (Å²) >= 11 is 0. The smallest absolute Gasteiger partial charge is 0.122 e. The lowest BCUT2D eigenvalue weighted by atomic mass is 10.1. The van der Waals surface area contributed by atoms with E-state index in [0.29, 0.717) is 13.2 Å². The zero-order chi connectivity index (χ0) is 11.9. The Morgan fingerprint density at radius 3 is 3.12 bits per heavy atom. The van der Waals surface area contributed by atoms with E-state index in [1.165, 1.54) is 5.56 Å². The van der Waals surface area contributed by atoms with Crippen molar-refractivity contribution in [3.05, 3.63) is 29.8 Å². The predicted octanol–water partition coefficient (Wildman–Crippen LogP) is 1.68. The molecular weight excluding hydrogens is 218 g/mol. The van der Waals surface area contributed by atoms with E-state index in [4.69, 9.17) is 15.4 Å². The Bertz CT molecular complexity index is 337. The number of hydrogen-bond donors (Lipinski definition) is 1. The second-order valence-corrected chi connectivity index (χ2v) is 4.23. The summed E-state index contributed by atoms with van der Waals surface area (Å²) in [6.45, 7) is 2.07. The first-order valence-corrected chi connectivity index (χ1v) is 6.03. The Hall–Kier alpha value is -1.10. The van der Waals surface area contributed by atoms with Crippen molar-refractivity contribution >= 4 is 0 Å². The van der Waals surface area contributed by atoms with Gasteiger partial charge >= 0.3 is 0 Å². The van der Waals surface area contributed by atoms with E-state index < -0.39 is 0 Å². The van der Waals surface area contributed by atoms with Crippen molar-refractivity contribution in [1.82, 2.24) is 0 Å². The van der Waals surface area contributed by atoms with E-state index in [-0.39, 0.29) is 6.10 Å². The number of ether oxygens (including phenoxy) is 2. The maximum atomic E-state index is 5.88. The minimum absolute atomic E-state index is 0.185. The highest BCUT2D eigenvalue weighted by Crippen LogP contribution is 2.18. The minimum atomic E-state index is 0.185. The maximum Gasteiger partial charge on any atom is 0.122 e. The number of hydrogen-bond acceptors (Lipinski definition) is 4. The summed E-state index contributed by atoms with van der Waals surface area (Å²) in [4.78, 5) is 4.57. The molecule has 0 amide bonds. The van der Waals surface area contributed by atoms with Crippen LogP contribution in [0.1, 0.15) is 18.4 Å². The molecule has 2 N–H and O–H groups in total. The van der Waals surface area contributed by atoms with Crippen LogP contribution in [-0.4, -0.2) is 25.9 Å². The van der Waals surface area contributed by atoms with Crippen molar-refractivity contribution in [3.63, 3.8) is 0 Å². The molecule has 1 aromatic carbocycles. The van der Waals surface area contributed by atoms with Crippen molar-refractivity contribution in [2.24, 2.45) is 5.90 Å². The molecule has 0 aromatic heterocycles. The van der Waals surface area contributed by atoms with Crippen LogP contribution in [0.15, 0.2) is 24.3 Å². The fourth-order valence-electron chi connectivity index (χ4n) is 1.95. The molecule has 0 bridgehead atoms. The lowest BCUT2D eigenvalue weighted by Gasteiger charge is -2.23. The molecule has 0 spiro atoms. The minimum Gasteiger partial charge on any atom is -0.488 e. The Balaban J connectivity index is 1.90. The van der Waals surface area contributed by atoms with Gasteiger partial charge in [-0.05, 0) is 37.0 Å². The molecule has 1 unspecified atom stereocenters. The van der Waals surface area contributed by atoms with E-state index in [9.17, 15) is 0 Å². The number of nitrogens with two attached hydrogens (primary N) is 1. The average molecular weight is 237 g/mol. The summed E-state index contributed by atoms with van der Waals surface area (Å²) in [5, 5.41) is 0. The number of benzene rings is 1. The molecule has 94 valence electrons. The predicted molar refractivity (Wildman–Crippen MR) is 64.8 cm³/mol. The van der Waals surface area contributed by atoms with Gasteiger partial charge in [0.1, 0.15) is 11.9 Å².